The largest absolute Gasteiger partial charge is 0.354 e. The fourth-order valence-electron chi connectivity index (χ4n) is 2.63. The SMILES string of the molecule is CC(C)CNC(=O)[C@@H](C)N(Cc1cccc(Cl)c1)C(=O)CSc1ccc(Cl)cc1. The molecule has 0 aliphatic heterocycles. The Hall–Kier alpha value is -1.69. The molecule has 7 heteroatoms. The van der Waals surface area contributed by atoms with Crippen LogP contribution in [0.2, 0.25) is 10.0 Å². The van der Waals surface area contributed by atoms with E-state index in [0.717, 1.165) is 10.5 Å². The number of carbonyl (C=O) groups excluding carboxylic acids is 2. The first kappa shape index (κ1) is 23.6. The number of halogens is 2. The van der Waals surface area contributed by atoms with Gasteiger partial charge in [-0.25, -0.2) is 0 Å². The van der Waals surface area contributed by atoms with E-state index in [9.17, 15) is 9.59 Å². The molecule has 0 bridgehead atoms. The topological polar surface area (TPSA) is 49.4 Å². The third-order valence-electron chi connectivity index (χ3n) is 4.27. The molecule has 0 aliphatic rings. The first-order valence-electron chi connectivity index (χ1n) is 9.46. The summed E-state index contributed by atoms with van der Waals surface area (Å²) in [5.74, 6) is 0.288. The first-order chi connectivity index (χ1) is 13.8. The summed E-state index contributed by atoms with van der Waals surface area (Å²) in [5.41, 5.74) is 0.880. The molecule has 0 heterocycles. The molecule has 1 N–H and O–H groups in total. The molecule has 0 aromatic heterocycles. The maximum absolute atomic E-state index is 13.0. The Bertz CT molecular complexity index is 828. The number of carbonyl (C=O) groups is 2. The third kappa shape index (κ3) is 7.92. The van der Waals surface area contributed by atoms with Gasteiger partial charge < -0.3 is 10.2 Å². The number of rotatable bonds is 9. The van der Waals surface area contributed by atoms with Crippen LogP contribution >= 0.6 is 35.0 Å². The second kappa shape index (κ2) is 11.5. The summed E-state index contributed by atoms with van der Waals surface area (Å²) >= 11 is 13.4. The molecule has 2 aromatic carbocycles. The van der Waals surface area contributed by atoms with Gasteiger partial charge in [0.1, 0.15) is 6.04 Å². The maximum Gasteiger partial charge on any atom is 0.242 e. The first-order valence-corrected chi connectivity index (χ1v) is 11.2. The molecule has 0 saturated heterocycles. The van der Waals surface area contributed by atoms with Gasteiger partial charge >= 0.3 is 0 Å². The lowest BCUT2D eigenvalue weighted by molar-refractivity contribution is -0.138. The maximum atomic E-state index is 13.0. The zero-order valence-electron chi connectivity index (χ0n) is 16.8. The van der Waals surface area contributed by atoms with E-state index in [1.54, 1.807) is 30.0 Å². The molecule has 0 radical (unpaired) electrons. The van der Waals surface area contributed by atoms with E-state index in [4.69, 9.17) is 23.2 Å². The van der Waals surface area contributed by atoms with E-state index in [-0.39, 0.29) is 17.6 Å². The highest BCUT2D eigenvalue weighted by atomic mass is 35.5. The van der Waals surface area contributed by atoms with E-state index in [1.807, 2.05) is 44.2 Å². The van der Waals surface area contributed by atoms with Crippen molar-refractivity contribution in [3.05, 3.63) is 64.1 Å². The summed E-state index contributed by atoms with van der Waals surface area (Å²) in [7, 11) is 0. The van der Waals surface area contributed by atoms with Gasteiger partial charge in [0.15, 0.2) is 0 Å². The highest BCUT2D eigenvalue weighted by Gasteiger charge is 2.26. The van der Waals surface area contributed by atoms with E-state index >= 15 is 0 Å². The molecular formula is C22H26Cl2N2O2S. The predicted molar refractivity (Wildman–Crippen MR) is 121 cm³/mol. The van der Waals surface area contributed by atoms with E-state index in [0.29, 0.717) is 29.1 Å². The van der Waals surface area contributed by atoms with Gasteiger partial charge in [0.05, 0.1) is 5.75 Å². The number of hydrogen-bond acceptors (Lipinski definition) is 3. The molecule has 0 aliphatic carbocycles. The van der Waals surface area contributed by atoms with Gasteiger partial charge in [-0.2, -0.15) is 0 Å². The number of thioether (sulfide) groups is 1. The van der Waals surface area contributed by atoms with Crippen molar-refractivity contribution in [1.29, 1.82) is 0 Å². The molecular weight excluding hydrogens is 427 g/mol. The van der Waals surface area contributed by atoms with Crippen LogP contribution in [0.25, 0.3) is 0 Å². The van der Waals surface area contributed by atoms with Gasteiger partial charge in [-0.15, -0.1) is 11.8 Å². The molecule has 2 rings (SSSR count). The van der Waals surface area contributed by atoms with Crippen molar-refractivity contribution >= 4 is 46.8 Å². The minimum absolute atomic E-state index is 0.114. The van der Waals surface area contributed by atoms with Crippen LogP contribution in [-0.2, 0) is 16.1 Å². The zero-order valence-corrected chi connectivity index (χ0v) is 19.2. The Morgan fingerprint density at radius 3 is 2.34 bits per heavy atom. The summed E-state index contributed by atoms with van der Waals surface area (Å²) < 4.78 is 0. The smallest absolute Gasteiger partial charge is 0.242 e. The average Bonchev–Trinajstić information content (AvgIpc) is 2.69. The van der Waals surface area contributed by atoms with Crippen molar-refractivity contribution in [3.8, 4) is 0 Å². The zero-order chi connectivity index (χ0) is 21.4. The minimum Gasteiger partial charge on any atom is -0.354 e. The molecule has 2 aromatic rings. The van der Waals surface area contributed by atoms with Gasteiger partial charge in [-0.3, -0.25) is 9.59 Å². The van der Waals surface area contributed by atoms with Crippen LogP contribution in [0.3, 0.4) is 0 Å². The lowest BCUT2D eigenvalue weighted by Crippen LogP contribution is -2.48. The van der Waals surface area contributed by atoms with Crippen LogP contribution in [0.4, 0.5) is 0 Å². The number of hydrogen-bond donors (Lipinski definition) is 1. The normalized spacial score (nSPS) is 11.9. The summed E-state index contributed by atoms with van der Waals surface area (Å²) in [6.45, 7) is 6.70. The Morgan fingerprint density at radius 1 is 1.03 bits per heavy atom. The number of amides is 2. The number of nitrogens with one attached hydrogen (secondary N) is 1. The monoisotopic (exact) mass is 452 g/mol. The van der Waals surface area contributed by atoms with Gasteiger partial charge in [0.2, 0.25) is 11.8 Å². The molecule has 0 unspecified atom stereocenters. The van der Waals surface area contributed by atoms with Crippen molar-refractivity contribution in [3.63, 3.8) is 0 Å². The average molecular weight is 453 g/mol. The standard InChI is InChI=1S/C22H26Cl2N2O2S/c1-15(2)12-25-22(28)16(3)26(13-17-5-4-6-19(24)11-17)21(27)14-29-20-9-7-18(23)8-10-20/h4-11,15-16H,12-14H2,1-3H3,(H,25,28)/t16-/m1/s1. The minimum atomic E-state index is -0.592. The van der Waals surface area contributed by atoms with Crippen molar-refractivity contribution < 1.29 is 9.59 Å². The lowest BCUT2D eigenvalue weighted by atomic mass is 10.1. The fourth-order valence-corrected chi connectivity index (χ4v) is 3.75. The quantitative estimate of drug-likeness (QED) is 0.526. The van der Waals surface area contributed by atoms with Gasteiger partial charge in [0.25, 0.3) is 0 Å². The van der Waals surface area contributed by atoms with Crippen LogP contribution in [0.5, 0.6) is 0 Å². The van der Waals surface area contributed by atoms with Crippen molar-refractivity contribution in [2.45, 2.75) is 38.3 Å². The van der Waals surface area contributed by atoms with E-state index in [2.05, 4.69) is 5.32 Å². The molecule has 29 heavy (non-hydrogen) atoms. The van der Waals surface area contributed by atoms with Gasteiger partial charge in [0, 0.05) is 28.0 Å². The third-order valence-corrected chi connectivity index (χ3v) is 5.75. The summed E-state index contributed by atoms with van der Waals surface area (Å²) in [6.07, 6.45) is 0. The number of nitrogens with zero attached hydrogens (tertiary/aromatic N) is 1. The second-order valence-electron chi connectivity index (χ2n) is 7.21. The molecule has 0 spiro atoms. The molecule has 156 valence electrons. The van der Waals surface area contributed by atoms with Crippen LogP contribution in [-0.4, -0.2) is 35.1 Å². The summed E-state index contributed by atoms with van der Waals surface area (Å²) in [4.78, 5) is 28.2. The highest BCUT2D eigenvalue weighted by molar-refractivity contribution is 8.00. The Kier molecular flexibility index (Phi) is 9.34. The van der Waals surface area contributed by atoms with Gasteiger partial charge in [-0.05, 0) is 54.8 Å². The molecule has 0 saturated carbocycles. The van der Waals surface area contributed by atoms with Crippen molar-refractivity contribution in [1.82, 2.24) is 10.2 Å². The van der Waals surface area contributed by atoms with Crippen LogP contribution < -0.4 is 5.32 Å². The van der Waals surface area contributed by atoms with Crippen LogP contribution in [0, 0.1) is 5.92 Å². The second-order valence-corrected chi connectivity index (χ2v) is 9.13. The van der Waals surface area contributed by atoms with Crippen LogP contribution in [0.1, 0.15) is 26.3 Å². The molecule has 2 amide bonds. The lowest BCUT2D eigenvalue weighted by Gasteiger charge is -2.29. The van der Waals surface area contributed by atoms with Crippen molar-refractivity contribution in [2.24, 2.45) is 5.92 Å². The Labute approximate surface area is 187 Å². The Balaban J connectivity index is 2.12. The highest BCUT2D eigenvalue weighted by Crippen LogP contribution is 2.22. The summed E-state index contributed by atoms with van der Waals surface area (Å²) in [5, 5.41) is 4.17. The van der Waals surface area contributed by atoms with Crippen molar-refractivity contribution in [2.75, 3.05) is 12.3 Å². The molecule has 0 fully saturated rings. The predicted octanol–water partition coefficient (Wildman–Crippen LogP) is 5.28. The van der Waals surface area contributed by atoms with E-state index < -0.39 is 6.04 Å². The fraction of sp³-hybridized carbons (Fsp3) is 0.364. The van der Waals surface area contributed by atoms with Gasteiger partial charge in [-0.1, -0.05) is 49.2 Å². The Morgan fingerprint density at radius 2 is 1.72 bits per heavy atom. The van der Waals surface area contributed by atoms with Crippen LogP contribution in [0.15, 0.2) is 53.4 Å². The summed E-state index contributed by atoms with van der Waals surface area (Å²) in [6, 6.07) is 14.1. The number of benzene rings is 2. The van der Waals surface area contributed by atoms with E-state index in [1.165, 1.54) is 11.8 Å². The molecule has 1 atom stereocenters. The molecule has 4 nitrogen and oxygen atoms in total.